The van der Waals surface area contributed by atoms with E-state index in [1.165, 1.54) is 7.11 Å². The molecule has 0 saturated heterocycles. The molecule has 0 spiro atoms. The van der Waals surface area contributed by atoms with E-state index in [1.807, 2.05) is 0 Å². The van der Waals surface area contributed by atoms with Gasteiger partial charge in [0.2, 0.25) is 0 Å². The van der Waals surface area contributed by atoms with Crippen LogP contribution in [0.3, 0.4) is 0 Å². The predicted molar refractivity (Wildman–Crippen MR) is 82.0 cm³/mol. The summed E-state index contributed by atoms with van der Waals surface area (Å²) in [6.07, 6.45) is 0.540. The third-order valence-corrected chi connectivity index (χ3v) is 3.43. The van der Waals surface area contributed by atoms with Crippen LogP contribution in [-0.2, 0) is 9.53 Å². The van der Waals surface area contributed by atoms with Gasteiger partial charge in [0.15, 0.2) is 11.5 Å². The van der Waals surface area contributed by atoms with Crippen LogP contribution in [0.5, 0.6) is 11.5 Å². The van der Waals surface area contributed by atoms with Gasteiger partial charge in [-0.15, -0.1) is 0 Å². The lowest BCUT2D eigenvalue weighted by Gasteiger charge is -2.28. The number of carboxylic acid groups (broad SMARTS) is 1. The minimum absolute atomic E-state index is 0.0928. The van der Waals surface area contributed by atoms with Crippen LogP contribution in [0, 0.1) is 0 Å². The summed E-state index contributed by atoms with van der Waals surface area (Å²) in [6, 6.07) is 4.90. The van der Waals surface area contributed by atoms with E-state index >= 15 is 0 Å². The number of nitrogens with one attached hydrogen (secondary N) is 1. The van der Waals surface area contributed by atoms with Crippen LogP contribution in [0.25, 0.3) is 0 Å². The molecule has 1 heterocycles. The van der Waals surface area contributed by atoms with E-state index in [-0.39, 0.29) is 18.9 Å². The SMILES string of the molecule is COCC(C)(CC(=O)O)NC(=O)c1ccc2c(c1)OCCCO2. The third-order valence-electron chi connectivity index (χ3n) is 3.43. The summed E-state index contributed by atoms with van der Waals surface area (Å²) in [4.78, 5) is 23.4. The third kappa shape index (κ3) is 4.59. The number of hydrogen-bond donors (Lipinski definition) is 2. The first-order valence-corrected chi connectivity index (χ1v) is 7.36. The van der Waals surface area contributed by atoms with Crippen LogP contribution in [0.4, 0.5) is 0 Å². The fourth-order valence-corrected chi connectivity index (χ4v) is 2.43. The van der Waals surface area contributed by atoms with Crippen LogP contribution >= 0.6 is 0 Å². The van der Waals surface area contributed by atoms with Crippen LogP contribution in [-0.4, -0.2) is 49.5 Å². The second kappa shape index (κ2) is 7.32. The lowest BCUT2D eigenvalue weighted by atomic mass is 9.98. The summed E-state index contributed by atoms with van der Waals surface area (Å²) in [7, 11) is 1.46. The lowest BCUT2D eigenvalue weighted by molar-refractivity contribution is -0.139. The van der Waals surface area contributed by atoms with Crippen LogP contribution in [0.15, 0.2) is 18.2 Å². The molecular formula is C16H21NO6. The molecule has 2 rings (SSSR count). The maximum Gasteiger partial charge on any atom is 0.305 e. The molecule has 0 aliphatic carbocycles. The zero-order chi connectivity index (χ0) is 16.9. The number of fused-ring (bicyclic) bond motifs is 1. The highest BCUT2D eigenvalue weighted by Gasteiger charge is 2.30. The maximum atomic E-state index is 12.4. The zero-order valence-electron chi connectivity index (χ0n) is 13.3. The fourth-order valence-electron chi connectivity index (χ4n) is 2.43. The molecule has 1 unspecified atom stereocenters. The maximum absolute atomic E-state index is 12.4. The Hall–Kier alpha value is -2.28. The van der Waals surface area contributed by atoms with E-state index in [0.29, 0.717) is 30.3 Å². The molecule has 1 aromatic carbocycles. The van der Waals surface area contributed by atoms with Crippen LogP contribution in [0.1, 0.15) is 30.1 Å². The van der Waals surface area contributed by atoms with E-state index in [0.717, 1.165) is 6.42 Å². The van der Waals surface area contributed by atoms with Gasteiger partial charge in [0.05, 0.1) is 31.8 Å². The summed E-state index contributed by atoms with van der Waals surface area (Å²) >= 11 is 0. The fraction of sp³-hybridized carbons (Fsp3) is 0.500. The van der Waals surface area contributed by atoms with Crippen molar-refractivity contribution >= 4 is 11.9 Å². The molecule has 0 radical (unpaired) electrons. The molecule has 0 bridgehead atoms. The summed E-state index contributed by atoms with van der Waals surface area (Å²) in [5, 5.41) is 11.7. The number of carbonyl (C=O) groups is 2. The Morgan fingerprint density at radius 3 is 2.65 bits per heavy atom. The van der Waals surface area contributed by atoms with Crippen molar-refractivity contribution in [2.75, 3.05) is 26.9 Å². The van der Waals surface area contributed by atoms with Crippen molar-refractivity contribution in [2.24, 2.45) is 0 Å². The first-order chi connectivity index (χ1) is 10.9. The van der Waals surface area contributed by atoms with Gasteiger partial charge in [0.25, 0.3) is 5.91 Å². The molecule has 0 saturated carbocycles. The Kier molecular flexibility index (Phi) is 5.44. The van der Waals surface area contributed by atoms with Gasteiger partial charge < -0.3 is 24.6 Å². The zero-order valence-corrected chi connectivity index (χ0v) is 13.3. The highest BCUT2D eigenvalue weighted by Crippen LogP contribution is 2.30. The molecule has 1 aliphatic rings. The van der Waals surface area contributed by atoms with Gasteiger partial charge in [-0.1, -0.05) is 0 Å². The molecule has 1 aromatic rings. The Balaban J connectivity index is 2.15. The number of amides is 1. The molecule has 1 amide bonds. The monoisotopic (exact) mass is 323 g/mol. The van der Waals surface area contributed by atoms with Crippen LogP contribution in [0.2, 0.25) is 0 Å². The minimum Gasteiger partial charge on any atom is -0.490 e. The predicted octanol–water partition coefficient (Wildman–Crippen LogP) is 1.46. The Morgan fingerprint density at radius 1 is 1.30 bits per heavy atom. The number of carboxylic acids is 1. The summed E-state index contributed by atoms with van der Waals surface area (Å²) in [5.74, 6) is -0.281. The largest absolute Gasteiger partial charge is 0.490 e. The highest BCUT2D eigenvalue weighted by molar-refractivity contribution is 5.95. The number of ether oxygens (including phenoxy) is 3. The van der Waals surface area contributed by atoms with Gasteiger partial charge in [0.1, 0.15) is 0 Å². The minimum atomic E-state index is -1.01. The van der Waals surface area contributed by atoms with Gasteiger partial charge in [0, 0.05) is 19.1 Å². The first kappa shape index (κ1) is 17.1. The molecular weight excluding hydrogens is 302 g/mol. The standard InChI is InChI=1S/C16H21NO6/c1-16(10-21-2,9-14(18)19)17-15(20)11-4-5-12-13(8-11)23-7-3-6-22-12/h4-5,8H,3,6-7,9-10H2,1-2H3,(H,17,20)(H,18,19). The topological polar surface area (TPSA) is 94.1 Å². The van der Waals surface area contributed by atoms with Crippen molar-refractivity contribution in [1.29, 1.82) is 0 Å². The normalized spacial score (nSPS) is 16.1. The van der Waals surface area contributed by atoms with E-state index in [1.54, 1.807) is 25.1 Å². The van der Waals surface area contributed by atoms with Crippen molar-refractivity contribution < 1.29 is 28.9 Å². The molecule has 126 valence electrons. The second-order valence-electron chi connectivity index (χ2n) is 5.73. The van der Waals surface area contributed by atoms with Gasteiger partial charge in [-0.3, -0.25) is 9.59 Å². The molecule has 7 nitrogen and oxygen atoms in total. The number of benzene rings is 1. The van der Waals surface area contributed by atoms with E-state index in [4.69, 9.17) is 19.3 Å². The van der Waals surface area contributed by atoms with Gasteiger partial charge in [-0.2, -0.15) is 0 Å². The lowest BCUT2D eigenvalue weighted by Crippen LogP contribution is -2.50. The molecule has 23 heavy (non-hydrogen) atoms. The van der Waals surface area contributed by atoms with Gasteiger partial charge in [-0.05, 0) is 25.1 Å². The number of carbonyl (C=O) groups excluding carboxylic acids is 1. The number of methoxy groups -OCH3 is 1. The molecule has 7 heteroatoms. The molecule has 2 N–H and O–H groups in total. The first-order valence-electron chi connectivity index (χ1n) is 7.36. The summed E-state index contributed by atoms with van der Waals surface area (Å²) < 4.78 is 16.1. The number of hydrogen-bond acceptors (Lipinski definition) is 5. The Labute approximate surface area is 134 Å². The van der Waals surface area contributed by atoms with Crippen molar-refractivity contribution in [3.05, 3.63) is 23.8 Å². The molecule has 0 fully saturated rings. The summed E-state index contributed by atoms with van der Waals surface area (Å²) in [6.45, 7) is 2.82. The van der Waals surface area contributed by atoms with Crippen molar-refractivity contribution in [1.82, 2.24) is 5.32 Å². The van der Waals surface area contributed by atoms with Crippen molar-refractivity contribution in [3.8, 4) is 11.5 Å². The van der Waals surface area contributed by atoms with E-state index < -0.39 is 11.5 Å². The Bertz CT molecular complexity index is 588. The quantitative estimate of drug-likeness (QED) is 0.823. The van der Waals surface area contributed by atoms with Gasteiger partial charge >= 0.3 is 5.97 Å². The van der Waals surface area contributed by atoms with Crippen molar-refractivity contribution in [2.45, 2.75) is 25.3 Å². The van der Waals surface area contributed by atoms with E-state index in [9.17, 15) is 9.59 Å². The molecule has 0 aromatic heterocycles. The number of rotatable bonds is 6. The molecule has 1 atom stereocenters. The average Bonchev–Trinajstić information content (AvgIpc) is 2.70. The number of aliphatic carboxylic acids is 1. The highest BCUT2D eigenvalue weighted by atomic mass is 16.5. The summed E-state index contributed by atoms with van der Waals surface area (Å²) in [5.41, 5.74) is -0.621. The van der Waals surface area contributed by atoms with Gasteiger partial charge in [-0.25, -0.2) is 0 Å². The molecule has 1 aliphatic heterocycles. The van der Waals surface area contributed by atoms with Crippen LogP contribution < -0.4 is 14.8 Å². The smallest absolute Gasteiger partial charge is 0.305 e. The second-order valence-corrected chi connectivity index (χ2v) is 5.73. The Morgan fingerprint density at radius 2 is 2.00 bits per heavy atom. The van der Waals surface area contributed by atoms with Crippen molar-refractivity contribution in [3.63, 3.8) is 0 Å². The van der Waals surface area contributed by atoms with E-state index in [2.05, 4.69) is 5.32 Å². The average molecular weight is 323 g/mol.